The molecule has 2 rings (SSSR count). The van der Waals surface area contributed by atoms with Crippen LogP contribution in [0.5, 0.6) is 0 Å². The van der Waals surface area contributed by atoms with Gasteiger partial charge in [0.2, 0.25) is 0 Å². The Morgan fingerprint density at radius 3 is 2.74 bits per heavy atom. The molecule has 2 N–H and O–H groups in total. The molecule has 100 valence electrons. The first-order valence-corrected chi connectivity index (χ1v) is 7.33. The van der Waals surface area contributed by atoms with Gasteiger partial charge in [0, 0.05) is 24.7 Å². The summed E-state index contributed by atoms with van der Waals surface area (Å²) in [6.07, 6.45) is 1.92. The smallest absolute Gasteiger partial charge is 0.191 e. The Labute approximate surface area is 122 Å². The molecule has 4 nitrogen and oxygen atoms in total. The lowest BCUT2D eigenvalue weighted by atomic mass is 10.2. The van der Waals surface area contributed by atoms with E-state index >= 15 is 0 Å². The average Bonchev–Trinajstić information content (AvgIpc) is 2.40. The van der Waals surface area contributed by atoms with Gasteiger partial charge in [-0.15, -0.1) is 0 Å². The van der Waals surface area contributed by atoms with E-state index in [4.69, 9.17) is 17.3 Å². The zero-order valence-corrected chi connectivity index (χ0v) is 12.4. The van der Waals surface area contributed by atoms with Crippen LogP contribution in [0.2, 0.25) is 5.02 Å². The third kappa shape index (κ3) is 3.52. The first-order valence-electron chi connectivity index (χ1n) is 5.73. The molecule has 0 radical (unpaired) electrons. The molecule has 0 amide bonds. The van der Waals surface area contributed by atoms with Crippen molar-refractivity contribution in [3.8, 4) is 0 Å². The quantitative estimate of drug-likeness (QED) is 0.694. The average molecular weight is 295 g/mol. The van der Waals surface area contributed by atoms with E-state index in [-0.39, 0.29) is 0 Å². The minimum Gasteiger partial charge on any atom is -0.383 e. The summed E-state index contributed by atoms with van der Waals surface area (Å²) in [6.45, 7) is 0.671. The van der Waals surface area contributed by atoms with Crippen LogP contribution in [-0.2, 0) is 6.54 Å². The van der Waals surface area contributed by atoms with E-state index in [1.165, 1.54) is 11.8 Å². The Balaban J connectivity index is 2.22. The molecule has 0 saturated heterocycles. The summed E-state index contributed by atoms with van der Waals surface area (Å²) in [4.78, 5) is 10.6. The highest BCUT2D eigenvalue weighted by Crippen LogP contribution is 2.22. The van der Waals surface area contributed by atoms with Crippen molar-refractivity contribution in [2.75, 3.05) is 23.9 Å². The second-order valence-electron chi connectivity index (χ2n) is 4.09. The molecule has 1 aromatic carbocycles. The van der Waals surface area contributed by atoms with Crippen LogP contribution in [0.15, 0.2) is 35.5 Å². The number of nitrogens with two attached hydrogens (primary N) is 1. The molecule has 0 bridgehead atoms. The van der Waals surface area contributed by atoms with E-state index in [2.05, 4.69) is 9.97 Å². The number of anilines is 2. The number of hydrogen-bond acceptors (Lipinski definition) is 5. The Hall–Kier alpha value is -1.46. The molecule has 0 spiro atoms. The Morgan fingerprint density at radius 2 is 2.05 bits per heavy atom. The van der Waals surface area contributed by atoms with Gasteiger partial charge in [0.15, 0.2) is 5.16 Å². The predicted octanol–water partition coefficient (Wildman–Crippen LogP) is 3.07. The molecule has 0 saturated carbocycles. The normalized spacial score (nSPS) is 10.5. The standard InChI is InChI=1S/C13H15ClN4S/c1-18(8-9-5-3-4-6-10(9)14)12-7-11(15)16-13(17-12)19-2/h3-7H,8H2,1-2H3,(H2,15,16,17). The molecule has 6 heteroatoms. The number of hydrogen-bond donors (Lipinski definition) is 1. The lowest BCUT2D eigenvalue weighted by molar-refractivity contribution is 0.860. The number of nitrogens with zero attached hydrogens (tertiary/aromatic N) is 3. The van der Waals surface area contributed by atoms with E-state index in [0.717, 1.165) is 16.4 Å². The fourth-order valence-corrected chi connectivity index (χ4v) is 2.26. The summed E-state index contributed by atoms with van der Waals surface area (Å²) < 4.78 is 0. The van der Waals surface area contributed by atoms with E-state index in [0.29, 0.717) is 17.5 Å². The van der Waals surface area contributed by atoms with Gasteiger partial charge < -0.3 is 10.6 Å². The zero-order chi connectivity index (χ0) is 13.8. The molecule has 0 aliphatic heterocycles. The van der Waals surface area contributed by atoms with Crippen molar-refractivity contribution < 1.29 is 0 Å². The van der Waals surface area contributed by atoms with Crippen molar-refractivity contribution in [3.63, 3.8) is 0 Å². The molecule has 2 aromatic rings. The summed E-state index contributed by atoms with van der Waals surface area (Å²) in [6, 6.07) is 9.53. The molecular formula is C13H15ClN4S. The molecule has 1 heterocycles. The Morgan fingerprint density at radius 1 is 1.32 bits per heavy atom. The summed E-state index contributed by atoms with van der Waals surface area (Å²) >= 11 is 7.63. The van der Waals surface area contributed by atoms with E-state index in [1.807, 2.05) is 42.5 Å². The predicted molar refractivity (Wildman–Crippen MR) is 81.8 cm³/mol. The summed E-state index contributed by atoms with van der Waals surface area (Å²) in [5.41, 5.74) is 6.83. The van der Waals surface area contributed by atoms with Crippen LogP contribution in [0, 0.1) is 0 Å². The van der Waals surface area contributed by atoms with Crippen molar-refractivity contribution in [3.05, 3.63) is 40.9 Å². The number of thioether (sulfide) groups is 1. The van der Waals surface area contributed by atoms with Crippen LogP contribution in [0.1, 0.15) is 5.56 Å². The number of halogens is 1. The fourth-order valence-electron chi connectivity index (χ4n) is 1.68. The summed E-state index contributed by atoms with van der Waals surface area (Å²) in [7, 11) is 1.95. The van der Waals surface area contributed by atoms with Gasteiger partial charge in [-0.25, -0.2) is 9.97 Å². The third-order valence-electron chi connectivity index (χ3n) is 2.65. The molecule has 0 atom stereocenters. The van der Waals surface area contributed by atoms with Gasteiger partial charge in [0.25, 0.3) is 0 Å². The maximum Gasteiger partial charge on any atom is 0.191 e. The van der Waals surface area contributed by atoms with Crippen molar-refractivity contribution >= 4 is 35.0 Å². The largest absolute Gasteiger partial charge is 0.383 e. The van der Waals surface area contributed by atoms with Crippen LogP contribution in [-0.4, -0.2) is 23.3 Å². The van der Waals surface area contributed by atoms with Crippen LogP contribution >= 0.6 is 23.4 Å². The summed E-state index contributed by atoms with van der Waals surface area (Å²) in [5.74, 6) is 1.26. The van der Waals surface area contributed by atoms with Crippen LogP contribution < -0.4 is 10.6 Å². The lowest BCUT2D eigenvalue weighted by Gasteiger charge is -2.19. The summed E-state index contributed by atoms with van der Waals surface area (Å²) in [5, 5.41) is 1.42. The second kappa shape index (κ2) is 6.12. The van der Waals surface area contributed by atoms with E-state index in [1.54, 1.807) is 6.07 Å². The van der Waals surface area contributed by atoms with Crippen LogP contribution in [0.4, 0.5) is 11.6 Å². The number of rotatable bonds is 4. The molecule has 0 unspecified atom stereocenters. The first-order chi connectivity index (χ1) is 9.10. The molecule has 0 aliphatic carbocycles. The minimum absolute atomic E-state index is 0.473. The van der Waals surface area contributed by atoms with Gasteiger partial charge in [-0.2, -0.15) is 0 Å². The maximum atomic E-state index is 6.16. The van der Waals surface area contributed by atoms with Gasteiger partial charge in [0.1, 0.15) is 11.6 Å². The SMILES string of the molecule is CSc1nc(N)cc(N(C)Cc2ccccc2Cl)n1. The fraction of sp³-hybridized carbons (Fsp3) is 0.231. The Kier molecular flexibility index (Phi) is 4.50. The van der Waals surface area contributed by atoms with Crippen molar-refractivity contribution in [2.24, 2.45) is 0 Å². The van der Waals surface area contributed by atoms with Gasteiger partial charge >= 0.3 is 0 Å². The lowest BCUT2D eigenvalue weighted by Crippen LogP contribution is -2.18. The van der Waals surface area contributed by atoms with Crippen molar-refractivity contribution in [1.29, 1.82) is 0 Å². The maximum absolute atomic E-state index is 6.16. The number of benzene rings is 1. The van der Waals surface area contributed by atoms with Gasteiger partial charge in [-0.3, -0.25) is 0 Å². The van der Waals surface area contributed by atoms with E-state index < -0.39 is 0 Å². The van der Waals surface area contributed by atoms with Gasteiger partial charge in [-0.1, -0.05) is 41.6 Å². The van der Waals surface area contributed by atoms with Crippen molar-refractivity contribution in [1.82, 2.24) is 9.97 Å². The van der Waals surface area contributed by atoms with Gasteiger partial charge in [0.05, 0.1) is 0 Å². The molecule has 0 aliphatic rings. The van der Waals surface area contributed by atoms with Gasteiger partial charge in [-0.05, 0) is 17.9 Å². The molecule has 19 heavy (non-hydrogen) atoms. The second-order valence-corrected chi connectivity index (χ2v) is 5.27. The molecule has 0 fully saturated rings. The third-order valence-corrected chi connectivity index (χ3v) is 3.57. The number of aromatic nitrogens is 2. The van der Waals surface area contributed by atoms with Crippen LogP contribution in [0.3, 0.4) is 0 Å². The number of nitrogen functional groups attached to an aromatic ring is 1. The monoisotopic (exact) mass is 294 g/mol. The topological polar surface area (TPSA) is 55.0 Å². The molecular weight excluding hydrogens is 280 g/mol. The van der Waals surface area contributed by atoms with E-state index in [9.17, 15) is 0 Å². The molecule has 1 aromatic heterocycles. The minimum atomic E-state index is 0.473. The first kappa shape index (κ1) is 14.0. The highest BCUT2D eigenvalue weighted by atomic mass is 35.5. The zero-order valence-electron chi connectivity index (χ0n) is 10.8. The van der Waals surface area contributed by atoms with Crippen LogP contribution in [0.25, 0.3) is 0 Å². The highest BCUT2D eigenvalue weighted by molar-refractivity contribution is 7.98. The van der Waals surface area contributed by atoms with Crippen molar-refractivity contribution in [2.45, 2.75) is 11.7 Å². The Bertz CT molecular complexity index is 576. The highest BCUT2D eigenvalue weighted by Gasteiger charge is 2.09.